The summed E-state index contributed by atoms with van der Waals surface area (Å²) in [5.41, 5.74) is 0.502. The lowest BCUT2D eigenvalue weighted by Crippen LogP contribution is -2.02. The molecule has 1 aromatic carbocycles. The van der Waals surface area contributed by atoms with E-state index in [1.54, 1.807) is 19.1 Å². The molecule has 0 spiro atoms. The van der Waals surface area contributed by atoms with E-state index in [2.05, 4.69) is 6.92 Å². The van der Waals surface area contributed by atoms with Crippen molar-refractivity contribution in [3.8, 4) is 5.75 Å². The van der Waals surface area contributed by atoms with Crippen LogP contribution in [0, 0.1) is 6.92 Å². The molecule has 1 N–H and O–H groups in total. The predicted molar refractivity (Wildman–Crippen MR) is 131 cm³/mol. The van der Waals surface area contributed by atoms with Gasteiger partial charge in [-0.05, 0) is 37.1 Å². The molecule has 31 heavy (non-hydrogen) atoms. The molecule has 0 radical (unpaired) electrons. The fourth-order valence-electron chi connectivity index (χ4n) is 4.02. The second kappa shape index (κ2) is 17.5. The third-order valence-electron chi connectivity index (χ3n) is 5.94. The lowest BCUT2D eigenvalue weighted by atomic mass is 10.0. The predicted octanol–water partition coefficient (Wildman–Crippen LogP) is 8.27. The van der Waals surface area contributed by atoms with Crippen LogP contribution in [-0.4, -0.2) is 19.6 Å². The van der Waals surface area contributed by atoms with Crippen molar-refractivity contribution in [2.75, 3.05) is 6.61 Å². The van der Waals surface area contributed by atoms with Gasteiger partial charge in [0.15, 0.2) is 0 Å². The van der Waals surface area contributed by atoms with Crippen LogP contribution in [0.5, 0.6) is 5.75 Å². The van der Waals surface area contributed by atoms with Gasteiger partial charge in [-0.3, -0.25) is 4.55 Å². The molecule has 0 unspecified atom stereocenters. The highest BCUT2D eigenvalue weighted by atomic mass is 32.2. The highest BCUT2D eigenvalue weighted by Crippen LogP contribution is 2.21. The molecule has 180 valence electrons. The topological polar surface area (TPSA) is 63.6 Å². The van der Waals surface area contributed by atoms with Crippen LogP contribution in [0.4, 0.5) is 0 Å². The molecule has 4 nitrogen and oxygen atoms in total. The molecular weight excluding hydrogens is 408 g/mol. The van der Waals surface area contributed by atoms with Crippen LogP contribution in [-0.2, 0) is 10.1 Å². The minimum atomic E-state index is -4.16. The normalized spacial score (nSPS) is 11.7. The Balaban J connectivity index is 1.87. The van der Waals surface area contributed by atoms with Crippen molar-refractivity contribution in [3.63, 3.8) is 0 Å². The molecule has 0 heterocycles. The summed E-state index contributed by atoms with van der Waals surface area (Å²) in [5.74, 6) is 0.654. The molecule has 0 aromatic heterocycles. The Morgan fingerprint density at radius 2 is 1.13 bits per heavy atom. The average Bonchev–Trinajstić information content (AvgIpc) is 2.72. The highest BCUT2D eigenvalue weighted by molar-refractivity contribution is 7.85. The van der Waals surface area contributed by atoms with Gasteiger partial charge >= 0.3 is 0 Å². The second-order valence-electron chi connectivity index (χ2n) is 8.91. The summed E-state index contributed by atoms with van der Waals surface area (Å²) in [6, 6.07) is 4.66. The zero-order valence-electron chi connectivity index (χ0n) is 20.0. The zero-order chi connectivity index (χ0) is 22.8. The van der Waals surface area contributed by atoms with Crippen molar-refractivity contribution < 1.29 is 17.7 Å². The van der Waals surface area contributed by atoms with E-state index in [0.29, 0.717) is 17.9 Å². The van der Waals surface area contributed by atoms with E-state index in [4.69, 9.17) is 9.29 Å². The quantitative estimate of drug-likeness (QED) is 0.159. The molecule has 0 aliphatic rings. The van der Waals surface area contributed by atoms with Gasteiger partial charge in [-0.2, -0.15) is 8.42 Å². The van der Waals surface area contributed by atoms with Gasteiger partial charge in [-0.1, -0.05) is 110 Å². The van der Waals surface area contributed by atoms with Crippen LogP contribution in [0.25, 0.3) is 0 Å². The molecule has 1 rings (SSSR count). The van der Waals surface area contributed by atoms with E-state index in [-0.39, 0.29) is 4.90 Å². The van der Waals surface area contributed by atoms with E-state index in [0.717, 1.165) is 6.42 Å². The van der Waals surface area contributed by atoms with Crippen LogP contribution >= 0.6 is 0 Å². The fraction of sp³-hybridized carbons (Fsp3) is 0.769. The van der Waals surface area contributed by atoms with Crippen LogP contribution in [0.15, 0.2) is 23.1 Å². The molecule has 1 aromatic rings. The number of rotatable bonds is 20. The van der Waals surface area contributed by atoms with Crippen molar-refractivity contribution in [3.05, 3.63) is 23.8 Å². The molecule has 0 aliphatic heterocycles. The number of benzene rings is 1. The molecular formula is C26H46O4S. The third-order valence-corrected chi connectivity index (χ3v) is 6.95. The molecule has 0 bridgehead atoms. The van der Waals surface area contributed by atoms with Crippen molar-refractivity contribution in [1.29, 1.82) is 0 Å². The van der Waals surface area contributed by atoms with Crippen LogP contribution < -0.4 is 4.74 Å². The summed E-state index contributed by atoms with van der Waals surface area (Å²) < 4.78 is 37.3. The molecule has 0 saturated heterocycles. The van der Waals surface area contributed by atoms with Crippen molar-refractivity contribution in [2.24, 2.45) is 0 Å². The van der Waals surface area contributed by atoms with E-state index in [9.17, 15) is 8.42 Å². The average molecular weight is 455 g/mol. The molecule has 0 fully saturated rings. The molecule has 5 heteroatoms. The SMILES string of the molecule is CCCCCCCCCCCCCCCCCCCOc1ccc(S(=O)(=O)O)c(C)c1. The largest absolute Gasteiger partial charge is 0.494 e. The maximum Gasteiger partial charge on any atom is 0.294 e. The maximum absolute atomic E-state index is 11.2. The Labute approximate surface area is 191 Å². The standard InChI is InChI=1S/C26H46O4S/c1-3-4-5-6-7-8-9-10-11-12-13-14-15-16-17-18-19-22-30-25-20-21-26(24(2)23-25)31(27,28)29/h20-21,23H,3-19,22H2,1-2H3,(H,27,28,29). The number of unbranched alkanes of at least 4 members (excludes halogenated alkanes) is 16. The zero-order valence-corrected chi connectivity index (χ0v) is 20.9. The van der Waals surface area contributed by atoms with Crippen molar-refractivity contribution in [2.45, 2.75) is 128 Å². The summed E-state index contributed by atoms with van der Waals surface area (Å²) in [6.07, 6.45) is 23.0. The Hall–Kier alpha value is -1.07. The first-order valence-corrected chi connectivity index (χ1v) is 14.1. The fourth-order valence-corrected chi connectivity index (χ4v) is 4.72. The van der Waals surface area contributed by atoms with Crippen LogP contribution in [0.3, 0.4) is 0 Å². The minimum absolute atomic E-state index is 0.0577. The number of hydrogen-bond acceptors (Lipinski definition) is 3. The molecule has 0 atom stereocenters. The van der Waals surface area contributed by atoms with Gasteiger partial charge in [0.25, 0.3) is 10.1 Å². The summed E-state index contributed by atoms with van der Waals surface area (Å²) in [4.78, 5) is -0.0577. The second-order valence-corrected chi connectivity index (χ2v) is 10.3. The number of ether oxygens (including phenoxy) is 1. The summed E-state index contributed by atoms with van der Waals surface area (Å²) in [6.45, 7) is 4.58. The van der Waals surface area contributed by atoms with Gasteiger partial charge in [-0.25, -0.2) is 0 Å². The van der Waals surface area contributed by atoms with Gasteiger partial charge in [0.05, 0.1) is 11.5 Å². The Morgan fingerprint density at radius 3 is 1.52 bits per heavy atom. The van der Waals surface area contributed by atoms with Gasteiger partial charge < -0.3 is 4.74 Å². The van der Waals surface area contributed by atoms with Crippen LogP contribution in [0.2, 0.25) is 0 Å². The number of hydrogen-bond donors (Lipinski definition) is 1. The van der Waals surface area contributed by atoms with Gasteiger partial charge in [0.1, 0.15) is 5.75 Å². The molecule has 0 amide bonds. The number of aryl methyl sites for hydroxylation is 1. The lowest BCUT2D eigenvalue weighted by molar-refractivity contribution is 0.304. The summed E-state index contributed by atoms with van der Waals surface area (Å²) >= 11 is 0. The molecule has 0 aliphatic carbocycles. The first kappa shape index (κ1) is 28.0. The molecule has 0 saturated carbocycles. The smallest absolute Gasteiger partial charge is 0.294 e. The van der Waals surface area contributed by atoms with E-state index in [1.807, 2.05) is 0 Å². The Morgan fingerprint density at radius 1 is 0.710 bits per heavy atom. The maximum atomic E-state index is 11.2. The summed E-state index contributed by atoms with van der Waals surface area (Å²) in [7, 11) is -4.16. The summed E-state index contributed by atoms with van der Waals surface area (Å²) in [5, 5.41) is 0. The van der Waals surface area contributed by atoms with E-state index < -0.39 is 10.1 Å². The van der Waals surface area contributed by atoms with E-state index in [1.165, 1.54) is 109 Å². The third kappa shape index (κ3) is 14.6. The van der Waals surface area contributed by atoms with Crippen LogP contribution in [0.1, 0.15) is 122 Å². The van der Waals surface area contributed by atoms with Crippen molar-refractivity contribution in [1.82, 2.24) is 0 Å². The van der Waals surface area contributed by atoms with Gasteiger partial charge in [0.2, 0.25) is 0 Å². The first-order valence-electron chi connectivity index (χ1n) is 12.7. The Kier molecular flexibility index (Phi) is 15.8. The van der Waals surface area contributed by atoms with Crippen molar-refractivity contribution >= 4 is 10.1 Å². The van der Waals surface area contributed by atoms with Gasteiger partial charge in [-0.15, -0.1) is 0 Å². The lowest BCUT2D eigenvalue weighted by Gasteiger charge is -2.09. The van der Waals surface area contributed by atoms with E-state index >= 15 is 0 Å². The van der Waals surface area contributed by atoms with Gasteiger partial charge in [0, 0.05) is 0 Å². The first-order chi connectivity index (χ1) is 14.9. The minimum Gasteiger partial charge on any atom is -0.494 e. The Bertz CT molecular complexity index is 670. The highest BCUT2D eigenvalue weighted by Gasteiger charge is 2.13. The monoisotopic (exact) mass is 454 g/mol.